The van der Waals surface area contributed by atoms with E-state index in [0.29, 0.717) is 12.0 Å². The largest absolute Gasteiger partial charge is 0.207 e. The maximum Gasteiger partial charge on any atom is 0.139 e. The first-order chi connectivity index (χ1) is 5.69. The molecule has 0 aromatic heterocycles. The molecule has 0 atom stereocenters. The van der Waals surface area contributed by atoms with E-state index in [1.54, 1.807) is 6.92 Å². The number of hydrogen-bond donors (Lipinski definition) is 0. The van der Waals surface area contributed by atoms with Gasteiger partial charge in [-0.25, -0.2) is 8.78 Å². The van der Waals surface area contributed by atoms with Gasteiger partial charge >= 0.3 is 0 Å². The molecule has 0 unspecified atom stereocenters. The summed E-state index contributed by atoms with van der Waals surface area (Å²) in [5.74, 6) is 1.10. The summed E-state index contributed by atoms with van der Waals surface area (Å²) in [6, 6.07) is 2.19. The van der Waals surface area contributed by atoms with E-state index in [9.17, 15) is 8.78 Å². The molecule has 12 heavy (non-hydrogen) atoms. The normalized spacial score (nSPS) is 9.50. The number of rotatable bonds is 1. The molecule has 62 valence electrons. The lowest BCUT2D eigenvalue weighted by molar-refractivity contribution is 0.584. The zero-order valence-corrected chi connectivity index (χ0v) is 6.70. The van der Waals surface area contributed by atoms with Crippen molar-refractivity contribution in [1.82, 2.24) is 0 Å². The molecule has 1 aromatic carbocycles. The van der Waals surface area contributed by atoms with Crippen molar-refractivity contribution in [1.29, 1.82) is 0 Å². The van der Waals surface area contributed by atoms with E-state index >= 15 is 0 Å². The van der Waals surface area contributed by atoms with Crippen LogP contribution in [0.3, 0.4) is 0 Å². The molecule has 0 saturated heterocycles. The summed E-state index contributed by atoms with van der Waals surface area (Å²) >= 11 is 0. The Morgan fingerprint density at radius 3 is 2.50 bits per heavy atom. The van der Waals surface area contributed by atoms with Gasteiger partial charge in [-0.15, -0.1) is 6.42 Å². The smallest absolute Gasteiger partial charge is 0.139 e. The standard InChI is InChI=1S/C10H8F2/c1-3-7-5-10(12)8(4-2)6-9(7)11/h1,5-6H,4H2,2H3. The van der Waals surface area contributed by atoms with Crippen molar-refractivity contribution in [3.63, 3.8) is 0 Å². The summed E-state index contributed by atoms with van der Waals surface area (Å²) in [6.07, 6.45) is 5.42. The van der Waals surface area contributed by atoms with Crippen LogP contribution in [0.2, 0.25) is 0 Å². The van der Waals surface area contributed by atoms with Crippen LogP contribution in [0, 0.1) is 24.0 Å². The second-order valence-electron chi connectivity index (χ2n) is 2.42. The lowest BCUT2D eigenvalue weighted by Crippen LogP contribution is -1.93. The molecule has 0 bridgehead atoms. The summed E-state index contributed by atoms with van der Waals surface area (Å²) in [4.78, 5) is 0. The highest BCUT2D eigenvalue weighted by atomic mass is 19.1. The first-order valence-corrected chi connectivity index (χ1v) is 3.63. The highest BCUT2D eigenvalue weighted by Gasteiger charge is 2.06. The fraction of sp³-hybridized carbons (Fsp3) is 0.200. The molecule has 0 nitrogen and oxygen atoms in total. The van der Waals surface area contributed by atoms with E-state index in [1.807, 2.05) is 0 Å². The minimum Gasteiger partial charge on any atom is -0.207 e. The Balaban J connectivity index is 3.28. The summed E-state index contributed by atoms with van der Waals surface area (Å²) in [7, 11) is 0. The van der Waals surface area contributed by atoms with Crippen LogP contribution in [0.1, 0.15) is 18.1 Å². The third-order valence-electron chi connectivity index (χ3n) is 1.67. The molecule has 0 saturated carbocycles. The minimum absolute atomic E-state index is 0.0234. The first kappa shape index (κ1) is 8.73. The molecule has 0 N–H and O–H groups in total. The van der Waals surface area contributed by atoms with Crippen LogP contribution in [0.5, 0.6) is 0 Å². The third-order valence-corrected chi connectivity index (χ3v) is 1.67. The van der Waals surface area contributed by atoms with Crippen LogP contribution in [0.25, 0.3) is 0 Å². The number of hydrogen-bond acceptors (Lipinski definition) is 0. The lowest BCUT2D eigenvalue weighted by atomic mass is 10.1. The van der Waals surface area contributed by atoms with Crippen molar-refractivity contribution < 1.29 is 8.78 Å². The average Bonchev–Trinajstić information content (AvgIpc) is 2.08. The van der Waals surface area contributed by atoms with E-state index < -0.39 is 11.6 Å². The number of benzene rings is 1. The number of terminal acetylenes is 1. The molecule has 1 aromatic rings. The van der Waals surface area contributed by atoms with Crippen LogP contribution in [0.4, 0.5) is 8.78 Å². The van der Waals surface area contributed by atoms with Gasteiger partial charge in [0, 0.05) is 0 Å². The third kappa shape index (κ3) is 1.45. The molecular weight excluding hydrogens is 158 g/mol. The zero-order chi connectivity index (χ0) is 9.14. The van der Waals surface area contributed by atoms with Crippen LogP contribution >= 0.6 is 0 Å². The van der Waals surface area contributed by atoms with Crippen LogP contribution in [-0.4, -0.2) is 0 Å². The maximum absolute atomic E-state index is 13.0. The van der Waals surface area contributed by atoms with Gasteiger partial charge in [0.1, 0.15) is 11.6 Å². The Labute approximate surface area is 70.2 Å². The Kier molecular flexibility index (Phi) is 2.44. The van der Waals surface area contributed by atoms with Crippen molar-refractivity contribution in [3.8, 4) is 12.3 Å². The fourth-order valence-corrected chi connectivity index (χ4v) is 0.970. The molecule has 0 spiro atoms. The lowest BCUT2D eigenvalue weighted by Gasteiger charge is -2.00. The van der Waals surface area contributed by atoms with E-state index in [2.05, 4.69) is 5.92 Å². The Morgan fingerprint density at radius 2 is 2.00 bits per heavy atom. The summed E-state index contributed by atoms with van der Waals surface area (Å²) in [5.41, 5.74) is 0.330. The summed E-state index contributed by atoms with van der Waals surface area (Å²) in [5, 5.41) is 0. The van der Waals surface area contributed by atoms with Crippen LogP contribution in [0.15, 0.2) is 12.1 Å². The van der Waals surface area contributed by atoms with Gasteiger partial charge in [-0.05, 0) is 24.1 Å². The van der Waals surface area contributed by atoms with Gasteiger partial charge in [0.2, 0.25) is 0 Å². The average molecular weight is 166 g/mol. The van der Waals surface area contributed by atoms with E-state index in [-0.39, 0.29) is 5.56 Å². The summed E-state index contributed by atoms with van der Waals surface area (Å²) in [6.45, 7) is 1.76. The Hall–Kier alpha value is -1.36. The maximum atomic E-state index is 13.0. The second kappa shape index (κ2) is 3.36. The molecule has 0 aliphatic heterocycles. The monoisotopic (exact) mass is 166 g/mol. The van der Waals surface area contributed by atoms with Gasteiger partial charge < -0.3 is 0 Å². The molecule has 1 rings (SSSR count). The van der Waals surface area contributed by atoms with Gasteiger partial charge in [0.05, 0.1) is 5.56 Å². The predicted octanol–water partition coefficient (Wildman–Crippen LogP) is 2.51. The van der Waals surface area contributed by atoms with E-state index in [0.717, 1.165) is 12.1 Å². The molecule has 0 heterocycles. The Bertz CT molecular complexity index is 334. The second-order valence-corrected chi connectivity index (χ2v) is 2.42. The molecule has 0 aliphatic carbocycles. The van der Waals surface area contributed by atoms with Crippen molar-refractivity contribution in [2.75, 3.05) is 0 Å². The topological polar surface area (TPSA) is 0 Å². The van der Waals surface area contributed by atoms with Crippen molar-refractivity contribution in [2.24, 2.45) is 0 Å². The van der Waals surface area contributed by atoms with Gasteiger partial charge in [0.15, 0.2) is 0 Å². The zero-order valence-electron chi connectivity index (χ0n) is 6.70. The molecular formula is C10H8F2. The SMILES string of the molecule is C#Cc1cc(F)c(CC)cc1F. The van der Waals surface area contributed by atoms with E-state index in [4.69, 9.17) is 6.42 Å². The van der Waals surface area contributed by atoms with Gasteiger partial charge in [-0.1, -0.05) is 12.8 Å². The molecule has 0 amide bonds. The molecule has 0 fully saturated rings. The predicted molar refractivity (Wildman–Crippen MR) is 43.7 cm³/mol. The molecule has 2 heteroatoms. The number of aryl methyl sites for hydroxylation is 1. The molecule has 0 aliphatic rings. The first-order valence-electron chi connectivity index (χ1n) is 3.63. The van der Waals surface area contributed by atoms with Crippen molar-refractivity contribution in [2.45, 2.75) is 13.3 Å². The highest BCUT2D eigenvalue weighted by Crippen LogP contribution is 2.14. The number of halogens is 2. The minimum atomic E-state index is -0.532. The van der Waals surface area contributed by atoms with Crippen molar-refractivity contribution in [3.05, 3.63) is 34.9 Å². The van der Waals surface area contributed by atoms with Crippen LogP contribution < -0.4 is 0 Å². The van der Waals surface area contributed by atoms with Gasteiger partial charge in [0.25, 0.3) is 0 Å². The van der Waals surface area contributed by atoms with Gasteiger partial charge in [-0.2, -0.15) is 0 Å². The van der Waals surface area contributed by atoms with Gasteiger partial charge in [-0.3, -0.25) is 0 Å². The highest BCUT2D eigenvalue weighted by molar-refractivity contribution is 5.36. The van der Waals surface area contributed by atoms with Crippen molar-refractivity contribution >= 4 is 0 Å². The summed E-state index contributed by atoms with van der Waals surface area (Å²) < 4.78 is 25.9. The van der Waals surface area contributed by atoms with Crippen LogP contribution in [-0.2, 0) is 6.42 Å². The quantitative estimate of drug-likeness (QED) is 0.562. The van der Waals surface area contributed by atoms with E-state index in [1.165, 1.54) is 0 Å². The Morgan fingerprint density at radius 1 is 1.33 bits per heavy atom. The fourth-order valence-electron chi connectivity index (χ4n) is 0.970. The molecule has 0 radical (unpaired) electrons.